The summed E-state index contributed by atoms with van der Waals surface area (Å²) in [6.07, 6.45) is 2.31. The summed E-state index contributed by atoms with van der Waals surface area (Å²) in [6.45, 7) is 7.19. The van der Waals surface area contributed by atoms with Crippen molar-refractivity contribution in [3.63, 3.8) is 0 Å². The van der Waals surface area contributed by atoms with Crippen molar-refractivity contribution in [2.45, 2.75) is 65.5 Å². The molecule has 2 aromatic carbocycles. The van der Waals surface area contributed by atoms with Crippen molar-refractivity contribution in [1.82, 2.24) is 0 Å². The fourth-order valence-electron chi connectivity index (χ4n) is 2.82. The van der Waals surface area contributed by atoms with Crippen LogP contribution < -0.4 is 5.73 Å². The van der Waals surface area contributed by atoms with Gasteiger partial charge in [-0.25, -0.2) is 0 Å². The molecule has 0 heterocycles. The number of benzene rings is 2. The summed E-state index contributed by atoms with van der Waals surface area (Å²) in [5, 5.41) is 3.72. The largest absolute Gasteiger partial charge is 0.324 e. The van der Waals surface area contributed by atoms with Gasteiger partial charge in [0.25, 0.3) is 0 Å². The first-order valence-corrected chi connectivity index (χ1v) is 10.1. The second-order valence-corrected chi connectivity index (χ2v) is 7.63. The van der Waals surface area contributed by atoms with E-state index in [1.165, 1.54) is 5.56 Å². The molecule has 2 atom stereocenters. The molecule has 0 aliphatic heterocycles. The Labute approximate surface area is 179 Å². The number of aryl methyl sites for hydroxylation is 2. The quantitative estimate of drug-likeness (QED) is 0.308. The van der Waals surface area contributed by atoms with E-state index in [1.54, 1.807) is 13.8 Å². The summed E-state index contributed by atoms with van der Waals surface area (Å²) >= 11 is 0. The summed E-state index contributed by atoms with van der Waals surface area (Å²) < 4.78 is 0. The van der Waals surface area contributed by atoms with Crippen LogP contribution >= 0.6 is 0 Å². The highest BCUT2D eigenvalue weighted by Gasteiger charge is 2.10. The van der Waals surface area contributed by atoms with Crippen LogP contribution in [0.2, 0.25) is 0 Å². The Hall–Kier alpha value is -2.95. The highest BCUT2D eigenvalue weighted by molar-refractivity contribution is 5.75. The molecule has 0 aromatic heterocycles. The van der Waals surface area contributed by atoms with Gasteiger partial charge in [-0.05, 0) is 57.2 Å². The molecule has 0 saturated heterocycles. The molecule has 160 valence electrons. The normalized spacial score (nSPS) is 12.0. The third kappa shape index (κ3) is 10.0. The lowest BCUT2D eigenvalue weighted by molar-refractivity contribution is -0.118. The van der Waals surface area contributed by atoms with Gasteiger partial charge in [-0.2, -0.15) is 0 Å². The lowest BCUT2D eigenvalue weighted by atomic mass is 10.0. The van der Waals surface area contributed by atoms with Gasteiger partial charge < -0.3 is 15.3 Å². The van der Waals surface area contributed by atoms with Crippen molar-refractivity contribution in [1.29, 1.82) is 0 Å². The minimum Gasteiger partial charge on any atom is -0.324 e. The van der Waals surface area contributed by atoms with Crippen molar-refractivity contribution < 1.29 is 9.59 Å². The van der Waals surface area contributed by atoms with Gasteiger partial charge in [0.05, 0.1) is 6.04 Å². The number of carbonyl (C=O) groups excluding carboxylic acids is 2. The first-order chi connectivity index (χ1) is 14.2. The van der Waals surface area contributed by atoms with Crippen LogP contribution in [-0.2, 0) is 9.59 Å². The second-order valence-electron chi connectivity index (χ2n) is 7.63. The summed E-state index contributed by atoms with van der Waals surface area (Å²) in [4.78, 5) is 24.5. The number of nitrogens with zero attached hydrogens (tertiary/aromatic N) is 3. The SMILES string of the molecule is CC(=O)CCC(N)c1ccc(C)cc1.CC(=O)CCC(N=[N+]=[N-])c1ccc(C)cc1. The Kier molecular flexibility index (Phi) is 11.1. The first kappa shape index (κ1) is 25.1. The molecule has 0 bridgehead atoms. The van der Waals surface area contributed by atoms with Crippen LogP contribution in [0.1, 0.15) is 73.9 Å². The lowest BCUT2D eigenvalue weighted by Gasteiger charge is -2.10. The predicted octanol–water partition coefficient (Wildman–Crippen LogP) is 6.08. The monoisotopic (exact) mass is 408 g/mol. The highest BCUT2D eigenvalue weighted by Crippen LogP contribution is 2.23. The molecule has 30 heavy (non-hydrogen) atoms. The topological polar surface area (TPSA) is 109 Å². The molecule has 2 N–H and O–H groups in total. The van der Waals surface area contributed by atoms with Crippen molar-refractivity contribution in [3.8, 4) is 0 Å². The van der Waals surface area contributed by atoms with Crippen molar-refractivity contribution in [3.05, 3.63) is 81.2 Å². The Morgan fingerprint density at radius 2 is 1.30 bits per heavy atom. The predicted molar refractivity (Wildman–Crippen MR) is 121 cm³/mol. The number of Topliss-reactive ketones (excluding diaryl/α,β-unsaturated/α-hetero) is 2. The van der Waals surface area contributed by atoms with Crippen LogP contribution in [0.25, 0.3) is 10.4 Å². The number of rotatable bonds is 9. The molecule has 0 amide bonds. The number of azide groups is 1. The van der Waals surface area contributed by atoms with Gasteiger partial charge in [0.2, 0.25) is 0 Å². The molecule has 0 aliphatic rings. The zero-order valence-corrected chi connectivity index (χ0v) is 18.3. The summed E-state index contributed by atoms with van der Waals surface area (Å²) in [5.74, 6) is 0.317. The van der Waals surface area contributed by atoms with E-state index >= 15 is 0 Å². The van der Waals surface area contributed by atoms with E-state index in [0.717, 1.165) is 23.1 Å². The van der Waals surface area contributed by atoms with E-state index in [4.69, 9.17) is 11.3 Å². The second kappa shape index (κ2) is 13.3. The van der Waals surface area contributed by atoms with Gasteiger partial charge >= 0.3 is 0 Å². The Morgan fingerprint density at radius 1 is 0.867 bits per heavy atom. The molecule has 2 aromatic rings. The lowest BCUT2D eigenvalue weighted by Crippen LogP contribution is -2.11. The maximum atomic E-state index is 10.9. The summed E-state index contributed by atoms with van der Waals surface area (Å²) in [6, 6.07) is 15.7. The molecule has 0 radical (unpaired) electrons. The van der Waals surface area contributed by atoms with Crippen LogP contribution in [0.4, 0.5) is 0 Å². The minimum absolute atomic E-state index is 0.0144. The third-order valence-electron chi connectivity index (χ3n) is 4.74. The molecule has 0 spiro atoms. The van der Waals surface area contributed by atoms with Crippen LogP contribution in [0.15, 0.2) is 53.6 Å². The number of ketones is 2. The van der Waals surface area contributed by atoms with E-state index < -0.39 is 0 Å². The molecule has 6 heteroatoms. The van der Waals surface area contributed by atoms with Crippen LogP contribution in [0, 0.1) is 13.8 Å². The zero-order valence-electron chi connectivity index (χ0n) is 18.3. The summed E-state index contributed by atoms with van der Waals surface area (Å²) in [5.41, 5.74) is 18.9. The molecular weight excluding hydrogens is 376 g/mol. The van der Waals surface area contributed by atoms with Crippen LogP contribution in [0.5, 0.6) is 0 Å². The average Bonchev–Trinajstić information content (AvgIpc) is 2.71. The smallest absolute Gasteiger partial charge is 0.129 e. The van der Waals surface area contributed by atoms with E-state index in [0.29, 0.717) is 19.3 Å². The fraction of sp³-hybridized carbons (Fsp3) is 0.417. The van der Waals surface area contributed by atoms with E-state index in [9.17, 15) is 9.59 Å². The zero-order chi connectivity index (χ0) is 22.5. The summed E-state index contributed by atoms with van der Waals surface area (Å²) in [7, 11) is 0. The van der Waals surface area contributed by atoms with Gasteiger partial charge in [0.1, 0.15) is 11.6 Å². The molecule has 2 rings (SSSR count). The van der Waals surface area contributed by atoms with Gasteiger partial charge in [-0.1, -0.05) is 64.8 Å². The highest BCUT2D eigenvalue weighted by atomic mass is 16.1. The van der Waals surface area contributed by atoms with Gasteiger partial charge in [0, 0.05) is 23.8 Å². The Balaban J connectivity index is 0.000000303. The van der Waals surface area contributed by atoms with Crippen LogP contribution in [0.3, 0.4) is 0 Å². The van der Waals surface area contributed by atoms with E-state index in [-0.39, 0.29) is 23.7 Å². The van der Waals surface area contributed by atoms with Crippen molar-refractivity contribution in [2.24, 2.45) is 10.8 Å². The van der Waals surface area contributed by atoms with Crippen molar-refractivity contribution >= 4 is 11.6 Å². The number of carbonyl (C=O) groups is 2. The Bertz CT molecular complexity index is 854. The van der Waals surface area contributed by atoms with Crippen LogP contribution in [-0.4, -0.2) is 11.6 Å². The van der Waals surface area contributed by atoms with Gasteiger partial charge in [-0.15, -0.1) is 0 Å². The number of hydrogen-bond acceptors (Lipinski definition) is 4. The first-order valence-electron chi connectivity index (χ1n) is 10.1. The minimum atomic E-state index is -0.241. The standard InChI is InChI=1S/C12H15N3O.C12H17NO/c1-9-3-6-11(7-4-9)12(14-15-13)8-5-10(2)16;1-9-3-6-11(7-4-9)12(13)8-5-10(2)14/h3-4,6-7,12H,5,8H2,1-2H3;3-4,6-7,12H,5,8,13H2,1-2H3. The molecule has 0 fully saturated rings. The maximum absolute atomic E-state index is 10.9. The number of hydrogen-bond donors (Lipinski definition) is 1. The third-order valence-corrected chi connectivity index (χ3v) is 4.74. The molecular formula is C24H32N4O2. The fourth-order valence-corrected chi connectivity index (χ4v) is 2.82. The molecule has 2 unspecified atom stereocenters. The molecule has 6 nitrogen and oxygen atoms in total. The molecule has 0 saturated carbocycles. The van der Waals surface area contributed by atoms with Crippen molar-refractivity contribution in [2.75, 3.05) is 0 Å². The number of nitrogens with two attached hydrogens (primary N) is 1. The average molecular weight is 409 g/mol. The Morgan fingerprint density at radius 3 is 1.73 bits per heavy atom. The van der Waals surface area contributed by atoms with Gasteiger partial charge in [-0.3, -0.25) is 0 Å². The maximum Gasteiger partial charge on any atom is 0.129 e. The van der Waals surface area contributed by atoms with E-state index in [2.05, 4.69) is 10.0 Å². The molecule has 0 aliphatic carbocycles. The van der Waals surface area contributed by atoms with E-state index in [1.807, 2.05) is 62.4 Å². The van der Waals surface area contributed by atoms with Gasteiger partial charge in [0.15, 0.2) is 0 Å².